The number of esters is 2. The van der Waals surface area contributed by atoms with Crippen molar-refractivity contribution in [2.75, 3.05) is 13.2 Å². The Morgan fingerprint density at radius 3 is 1.43 bits per heavy atom. The Morgan fingerprint density at radius 2 is 1.17 bits per heavy atom. The Hall–Kier alpha value is -1.06. The molecule has 0 fully saturated rings. The number of hydrogen-bond donors (Lipinski definition) is 0. The number of rotatable bonds is 8. The van der Waals surface area contributed by atoms with Gasteiger partial charge in [-0.1, -0.05) is 26.7 Å². The van der Waals surface area contributed by atoms with Gasteiger partial charge in [0.1, 0.15) is 13.2 Å². The van der Waals surface area contributed by atoms with Crippen LogP contribution in [0.25, 0.3) is 0 Å². The van der Waals surface area contributed by atoms with Gasteiger partial charge in [-0.3, -0.25) is 9.59 Å². The molecule has 23 heavy (non-hydrogen) atoms. The third kappa shape index (κ3) is 7.85. The van der Waals surface area contributed by atoms with Gasteiger partial charge in [-0.05, 0) is 54.4 Å². The van der Waals surface area contributed by atoms with Crippen LogP contribution in [0.2, 0.25) is 0 Å². The van der Waals surface area contributed by atoms with Crippen molar-refractivity contribution >= 4 is 11.9 Å². The Balaban J connectivity index is 4.94. The average molecular weight is 328 g/mol. The third-order valence-electron chi connectivity index (χ3n) is 4.05. The van der Waals surface area contributed by atoms with Crippen molar-refractivity contribution in [2.45, 2.75) is 81.1 Å². The zero-order valence-electron chi connectivity index (χ0n) is 16.4. The van der Waals surface area contributed by atoms with Gasteiger partial charge in [0, 0.05) is 5.41 Å². The van der Waals surface area contributed by atoms with Crippen LogP contribution in [0.1, 0.15) is 81.1 Å². The maximum absolute atomic E-state index is 12.1. The van der Waals surface area contributed by atoms with Crippen LogP contribution in [-0.4, -0.2) is 25.2 Å². The van der Waals surface area contributed by atoms with Crippen LogP contribution < -0.4 is 0 Å². The molecule has 136 valence electrons. The maximum Gasteiger partial charge on any atom is 0.311 e. The van der Waals surface area contributed by atoms with E-state index in [1.54, 1.807) is 0 Å². The van der Waals surface area contributed by atoms with Gasteiger partial charge in [0.25, 0.3) is 0 Å². The van der Waals surface area contributed by atoms with E-state index in [1.807, 2.05) is 41.5 Å². The summed E-state index contributed by atoms with van der Waals surface area (Å²) in [6.45, 7) is 15.8. The first kappa shape index (κ1) is 21.9. The maximum atomic E-state index is 12.1. The molecule has 4 heteroatoms. The fourth-order valence-corrected chi connectivity index (χ4v) is 1.99. The van der Waals surface area contributed by atoms with Crippen LogP contribution in [-0.2, 0) is 19.1 Å². The number of unbranched alkanes of at least 4 members (excludes halogenated alkanes) is 1. The molecule has 0 spiro atoms. The summed E-state index contributed by atoms with van der Waals surface area (Å²) >= 11 is 0. The summed E-state index contributed by atoms with van der Waals surface area (Å²) < 4.78 is 11.1. The van der Waals surface area contributed by atoms with E-state index in [0.717, 1.165) is 25.7 Å². The van der Waals surface area contributed by atoms with E-state index in [0.29, 0.717) is 13.2 Å². The molecule has 0 aromatic heterocycles. The van der Waals surface area contributed by atoms with E-state index in [-0.39, 0.29) is 17.4 Å². The third-order valence-corrected chi connectivity index (χ3v) is 4.05. The predicted molar refractivity (Wildman–Crippen MR) is 93.1 cm³/mol. The highest BCUT2D eigenvalue weighted by Gasteiger charge is 2.35. The highest BCUT2D eigenvalue weighted by atomic mass is 16.5. The van der Waals surface area contributed by atoms with Gasteiger partial charge in [0.2, 0.25) is 0 Å². The molecule has 0 saturated carbocycles. The van der Waals surface area contributed by atoms with Gasteiger partial charge < -0.3 is 9.47 Å². The van der Waals surface area contributed by atoms with Gasteiger partial charge >= 0.3 is 11.9 Å². The van der Waals surface area contributed by atoms with Crippen molar-refractivity contribution in [2.24, 2.45) is 16.2 Å². The fraction of sp³-hybridized carbons (Fsp3) is 0.895. The topological polar surface area (TPSA) is 52.6 Å². The lowest BCUT2D eigenvalue weighted by Gasteiger charge is -2.33. The van der Waals surface area contributed by atoms with Gasteiger partial charge in [0.15, 0.2) is 0 Å². The van der Waals surface area contributed by atoms with Crippen LogP contribution >= 0.6 is 0 Å². The SMILES string of the molecule is CCCCC(CC)(COC(=O)C(C)(C)C)COC(=O)C(C)(C)C. The van der Waals surface area contributed by atoms with Gasteiger partial charge in [0.05, 0.1) is 10.8 Å². The first-order valence-corrected chi connectivity index (χ1v) is 8.72. The quantitative estimate of drug-likeness (QED) is 0.603. The summed E-state index contributed by atoms with van der Waals surface area (Å²) in [6.07, 6.45) is 3.77. The summed E-state index contributed by atoms with van der Waals surface area (Å²) in [6, 6.07) is 0. The Bertz CT molecular complexity index is 355. The summed E-state index contributed by atoms with van der Waals surface area (Å²) in [4.78, 5) is 24.1. The minimum atomic E-state index is -0.522. The summed E-state index contributed by atoms with van der Waals surface area (Å²) in [5.41, 5.74) is -1.34. The molecule has 0 aliphatic rings. The normalized spacial score (nSPS) is 12.9. The van der Waals surface area contributed by atoms with E-state index in [1.165, 1.54) is 0 Å². The summed E-state index contributed by atoms with van der Waals surface area (Å²) in [7, 11) is 0. The second-order valence-corrected chi connectivity index (χ2v) is 8.61. The van der Waals surface area contributed by atoms with Crippen LogP contribution in [0.5, 0.6) is 0 Å². The smallest absolute Gasteiger partial charge is 0.311 e. The fourth-order valence-electron chi connectivity index (χ4n) is 1.99. The van der Waals surface area contributed by atoms with E-state index >= 15 is 0 Å². The molecular weight excluding hydrogens is 292 g/mol. The van der Waals surface area contributed by atoms with Gasteiger partial charge in [-0.25, -0.2) is 0 Å². The number of ether oxygens (including phenoxy) is 2. The molecular formula is C19H36O4. The summed E-state index contributed by atoms with van der Waals surface area (Å²) in [5.74, 6) is -0.428. The number of carbonyl (C=O) groups is 2. The zero-order valence-corrected chi connectivity index (χ0v) is 16.4. The van der Waals surface area contributed by atoms with E-state index < -0.39 is 10.8 Å². The van der Waals surface area contributed by atoms with Crippen LogP contribution in [0.4, 0.5) is 0 Å². The Labute approximate surface area is 142 Å². The van der Waals surface area contributed by atoms with E-state index in [2.05, 4.69) is 13.8 Å². The molecule has 0 aromatic rings. The Morgan fingerprint density at radius 1 is 0.783 bits per heavy atom. The lowest BCUT2D eigenvalue weighted by molar-refractivity contribution is -0.164. The van der Waals surface area contributed by atoms with Gasteiger partial charge in [-0.15, -0.1) is 0 Å². The molecule has 0 bridgehead atoms. The lowest BCUT2D eigenvalue weighted by Crippen LogP contribution is -2.37. The predicted octanol–water partition coefficient (Wildman–Crippen LogP) is 4.75. The lowest BCUT2D eigenvalue weighted by atomic mass is 9.81. The van der Waals surface area contributed by atoms with E-state index in [9.17, 15) is 9.59 Å². The standard InChI is InChI=1S/C19H36O4/c1-9-11-12-19(10-2,13-22-15(20)17(3,4)5)14-23-16(21)18(6,7)8/h9-14H2,1-8H3. The molecule has 0 radical (unpaired) electrons. The number of carbonyl (C=O) groups excluding carboxylic acids is 2. The average Bonchev–Trinajstić information content (AvgIpc) is 2.44. The molecule has 0 atom stereocenters. The summed E-state index contributed by atoms with van der Waals surface area (Å²) in [5, 5.41) is 0. The van der Waals surface area contributed by atoms with Gasteiger partial charge in [-0.2, -0.15) is 0 Å². The number of hydrogen-bond acceptors (Lipinski definition) is 4. The molecule has 0 heterocycles. The second kappa shape index (κ2) is 8.70. The van der Waals surface area contributed by atoms with Crippen LogP contribution in [0, 0.1) is 16.2 Å². The zero-order chi connectivity index (χ0) is 18.3. The largest absolute Gasteiger partial charge is 0.465 e. The minimum Gasteiger partial charge on any atom is -0.465 e. The highest BCUT2D eigenvalue weighted by Crippen LogP contribution is 2.32. The van der Waals surface area contributed by atoms with Crippen molar-refractivity contribution in [1.82, 2.24) is 0 Å². The molecule has 4 nitrogen and oxygen atoms in total. The monoisotopic (exact) mass is 328 g/mol. The van der Waals surface area contributed by atoms with E-state index in [4.69, 9.17) is 9.47 Å². The second-order valence-electron chi connectivity index (χ2n) is 8.61. The van der Waals surface area contributed by atoms with Crippen molar-refractivity contribution in [3.05, 3.63) is 0 Å². The van der Waals surface area contributed by atoms with Crippen molar-refractivity contribution in [1.29, 1.82) is 0 Å². The van der Waals surface area contributed by atoms with Crippen molar-refractivity contribution < 1.29 is 19.1 Å². The van der Waals surface area contributed by atoms with Crippen LogP contribution in [0.3, 0.4) is 0 Å². The molecule has 0 unspecified atom stereocenters. The van der Waals surface area contributed by atoms with Crippen LogP contribution in [0.15, 0.2) is 0 Å². The van der Waals surface area contributed by atoms with Crippen molar-refractivity contribution in [3.63, 3.8) is 0 Å². The Kier molecular flexibility index (Phi) is 8.30. The molecule has 0 saturated heterocycles. The minimum absolute atomic E-state index is 0.214. The molecule has 0 N–H and O–H groups in total. The molecule has 0 amide bonds. The first-order valence-electron chi connectivity index (χ1n) is 8.72. The molecule has 0 rings (SSSR count). The molecule has 0 aliphatic heterocycles. The molecule has 0 aromatic carbocycles. The molecule has 0 aliphatic carbocycles. The first-order chi connectivity index (χ1) is 10.4. The van der Waals surface area contributed by atoms with Crippen molar-refractivity contribution in [3.8, 4) is 0 Å². The highest BCUT2D eigenvalue weighted by molar-refractivity contribution is 5.76.